The lowest BCUT2D eigenvalue weighted by Crippen LogP contribution is -2.24. The molecule has 0 bridgehead atoms. The predicted molar refractivity (Wildman–Crippen MR) is 54.6 cm³/mol. The molecular weight excluding hydrogens is 196 g/mol. The van der Waals surface area contributed by atoms with Crippen molar-refractivity contribution in [3.05, 3.63) is 46.5 Å². The van der Waals surface area contributed by atoms with Crippen molar-refractivity contribution in [2.75, 3.05) is 11.4 Å². The third-order valence-corrected chi connectivity index (χ3v) is 2.19. The number of nitro groups is 1. The summed E-state index contributed by atoms with van der Waals surface area (Å²) in [4.78, 5) is 22.8. The van der Waals surface area contributed by atoms with Gasteiger partial charge in [-0.15, -0.1) is 0 Å². The average Bonchev–Trinajstić information content (AvgIpc) is 2.65. The van der Waals surface area contributed by atoms with Crippen molar-refractivity contribution >= 4 is 17.3 Å². The first-order valence-corrected chi connectivity index (χ1v) is 4.41. The summed E-state index contributed by atoms with van der Waals surface area (Å²) in [5.74, 6) is -0.0937. The van der Waals surface area contributed by atoms with Gasteiger partial charge in [-0.05, 0) is 12.1 Å². The second-order valence-corrected chi connectivity index (χ2v) is 3.12. The molecule has 1 aliphatic heterocycles. The zero-order valence-electron chi connectivity index (χ0n) is 7.79. The smallest absolute Gasteiger partial charge is 0.269 e. The van der Waals surface area contributed by atoms with Crippen molar-refractivity contribution in [3.63, 3.8) is 0 Å². The largest absolute Gasteiger partial charge is 0.305 e. The first-order valence-electron chi connectivity index (χ1n) is 4.41. The van der Waals surface area contributed by atoms with Crippen molar-refractivity contribution in [3.8, 4) is 0 Å². The van der Waals surface area contributed by atoms with E-state index in [-0.39, 0.29) is 11.6 Å². The van der Waals surface area contributed by atoms with Gasteiger partial charge in [-0.1, -0.05) is 6.08 Å². The molecule has 1 heterocycles. The highest BCUT2D eigenvalue weighted by Gasteiger charge is 2.17. The number of anilines is 1. The summed E-state index contributed by atoms with van der Waals surface area (Å²) in [6.07, 6.45) is 3.24. The molecule has 0 N–H and O–H groups in total. The number of hydrogen-bond acceptors (Lipinski definition) is 3. The van der Waals surface area contributed by atoms with Crippen molar-refractivity contribution in [1.29, 1.82) is 0 Å². The zero-order valence-corrected chi connectivity index (χ0v) is 7.79. The molecule has 0 saturated heterocycles. The van der Waals surface area contributed by atoms with E-state index < -0.39 is 4.92 Å². The van der Waals surface area contributed by atoms with Crippen LogP contribution in [-0.2, 0) is 4.79 Å². The lowest BCUT2D eigenvalue weighted by Gasteiger charge is -2.14. The predicted octanol–water partition coefficient (Wildman–Crippen LogP) is 1.50. The van der Waals surface area contributed by atoms with Gasteiger partial charge in [0, 0.05) is 30.4 Å². The van der Waals surface area contributed by atoms with Crippen molar-refractivity contribution < 1.29 is 9.72 Å². The van der Waals surface area contributed by atoms with Crippen molar-refractivity contribution in [2.24, 2.45) is 0 Å². The Morgan fingerprint density at radius 2 is 1.93 bits per heavy atom. The van der Waals surface area contributed by atoms with E-state index >= 15 is 0 Å². The molecule has 1 amide bonds. The standard InChI is InChI=1S/C10H8N2O3/c13-10-2-1-7-11(10)8-3-5-9(6-4-8)12(14)15/h1-6H,7H2. The minimum Gasteiger partial charge on any atom is -0.305 e. The first-order chi connectivity index (χ1) is 7.18. The third-order valence-electron chi connectivity index (χ3n) is 2.19. The van der Waals surface area contributed by atoms with E-state index in [9.17, 15) is 14.9 Å². The van der Waals surface area contributed by atoms with Crippen LogP contribution < -0.4 is 4.90 Å². The second-order valence-electron chi connectivity index (χ2n) is 3.12. The number of nitrogens with zero attached hydrogens (tertiary/aromatic N) is 2. The molecule has 5 nitrogen and oxygen atoms in total. The lowest BCUT2D eigenvalue weighted by molar-refractivity contribution is -0.384. The molecule has 0 aliphatic carbocycles. The molecule has 1 aliphatic rings. The Bertz CT molecular complexity index is 436. The Balaban J connectivity index is 2.24. The summed E-state index contributed by atoms with van der Waals surface area (Å²) >= 11 is 0. The van der Waals surface area contributed by atoms with Crippen LogP contribution in [-0.4, -0.2) is 17.4 Å². The molecule has 15 heavy (non-hydrogen) atoms. The van der Waals surface area contributed by atoms with Gasteiger partial charge in [0.05, 0.1) is 4.92 Å². The molecule has 0 spiro atoms. The van der Waals surface area contributed by atoms with Gasteiger partial charge >= 0.3 is 0 Å². The van der Waals surface area contributed by atoms with Crippen LogP contribution in [0.4, 0.5) is 11.4 Å². The molecule has 76 valence electrons. The SMILES string of the molecule is O=C1C=CCN1c1ccc([N+](=O)[O-])cc1. The highest BCUT2D eigenvalue weighted by Crippen LogP contribution is 2.21. The Hall–Kier alpha value is -2.17. The van der Waals surface area contributed by atoms with Crippen molar-refractivity contribution in [1.82, 2.24) is 0 Å². The maximum absolute atomic E-state index is 11.3. The van der Waals surface area contributed by atoms with E-state index in [2.05, 4.69) is 0 Å². The molecule has 2 rings (SSSR count). The molecule has 0 atom stereocenters. The summed E-state index contributed by atoms with van der Waals surface area (Å²) in [6.45, 7) is 0.524. The normalized spacial score (nSPS) is 14.7. The number of carbonyl (C=O) groups is 1. The molecule has 1 aromatic rings. The Kier molecular flexibility index (Phi) is 2.21. The van der Waals surface area contributed by atoms with Gasteiger partial charge in [0.1, 0.15) is 0 Å². The summed E-state index contributed by atoms with van der Waals surface area (Å²) in [5.41, 5.74) is 0.703. The first kappa shape index (κ1) is 9.39. The fourth-order valence-corrected chi connectivity index (χ4v) is 1.43. The number of non-ortho nitro benzene ring substituents is 1. The van der Waals surface area contributed by atoms with Crippen LogP contribution in [0.1, 0.15) is 0 Å². The van der Waals surface area contributed by atoms with Crippen LogP contribution >= 0.6 is 0 Å². The topological polar surface area (TPSA) is 63.5 Å². The molecule has 0 radical (unpaired) electrons. The Morgan fingerprint density at radius 1 is 1.27 bits per heavy atom. The highest BCUT2D eigenvalue weighted by molar-refractivity contribution is 6.04. The van der Waals surface area contributed by atoms with Crippen LogP contribution in [0.15, 0.2) is 36.4 Å². The number of carbonyl (C=O) groups excluding carboxylic acids is 1. The summed E-state index contributed by atoms with van der Waals surface area (Å²) in [6, 6.07) is 5.92. The van der Waals surface area contributed by atoms with E-state index in [1.54, 1.807) is 23.1 Å². The van der Waals surface area contributed by atoms with E-state index in [4.69, 9.17) is 0 Å². The van der Waals surface area contributed by atoms with Gasteiger partial charge in [-0.3, -0.25) is 14.9 Å². The van der Waals surface area contributed by atoms with Crippen LogP contribution in [0.5, 0.6) is 0 Å². The molecular formula is C10H8N2O3. The van der Waals surface area contributed by atoms with Crippen LogP contribution in [0.25, 0.3) is 0 Å². The molecule has 0 saturated carbocycles. The molecule has 0 unspecified atom stereocenters. The van der Waals surface area contributed by atoms with Gasteiger partial charge in [-0.25, -0.2) is 0 Å². The molecule has 0 aromatic heterocycles. The zero-order chi connectivity index (χ0) is 10.8. The van der Waals surface area contributed by atoms with Gasteiger partial charge in [0.2, 0.25) is 0 Å². The molecule has 1 aromatic carbocycles. The molecule has 0 fully saturated rings. The van der Waals surface area contributed by atoms with Crippen LogP contribution in [0.2, 0.25) is 0 Å². The summed E-state index contributed by atoms with van der Waals surface area (Å²) in [7, 11) is 0. The maximum atomic E-state index is 11.3. The monoisotopic (exact) mass is 204 g/mol. The Morgan fingerprint density at radius 3 is 2.40 bits per heavy atom. The third kappa shape index (κ3) is 1.71. The van der Waals surface area contributed by atoms with E-state index in [1.807, 2.05) is 0 Å². The van der Waals surface area contributed by atoms with Crippen molar-refractivity contribution in [2.45, 2.75) is 0 Å². The van der Waals surface area contributed by atoms with E-state index in [0.29, 0.717) is 12.2 Å². The fraction of sp³-hybridized carbons (Fsp3) is 0.100. The number of rotatable bonds is 2. The van der Waals surface area contributed by atoms with Gasteiger partial charge in [0.15, 0.2) is 0 Å². The minimum absolute atomic E-state index is 0.0263. The highest BCUT2D eigenvalue weighted by atomic mass is 16.6. The number of amides is 1. The summed E-state index contributed by atoms with van der Waals surface area (Å²) < 4.78 is 0. The number of benzene rings is 1. The quantitative estimate of drug-likeness (QED) is 0.541. The van der Waals surface area contributed by atoms with Gasteiger partial charge in [0.25, 0.3) is 11.6 Å². The number of nitro benzene ring substituents is 1. The minimum atomic E-state index is -0.464. The fourth-order valence-electron chi connectivity index (χ4n) is 1.43. The van der Waals surface area contributed by atoms with Gasteiger partial charge in [-0.2, -0.15) is 0 Å². The molecule has 5 heteroatoms. The maximum Gasteiger partial charge on any atom is 0.269 e. The summed E-state index contributed by atoms with van der Waals surface area (Å²) in [5, 5.41) is 10.4. The van der Waals surface area contributed by atoms with Crippen LogP contribution in [0.3, 0.4) is 0 Å². The average molecular weight is 204 g/mol. The van der Waals surface area contributed by atoms with E-state index in [0.717, 1.165) is 0 Å². The second kappa shape index (κ2) is 3.53. The van der Waals surface area contributed by atoms with Gasteiger partial charge < -0.3 is 4.90 Å². The van der Waals surface area contributed by atoms with Crippen LogP contribution in [0, 0.1) is 10.1 Å². The number of hydrogen-bond donors (Lipinski definition) is 0. The Labute approximate surface area is 85.8 Å². The lowest BCUT2D eigenvalue weighted by atomic mass is 10.2. The van der Waals surface area contributed by atoms with E-state index in [1.165, 1.54) is 18.2 Å².